The molecule has 6 rings (SSSR count). The van der Waals surface area contributed by atoms with Crippen LogP contribution in [-0.4, -0.2) is 102 Å². The van der Waals surface area contributed by atoms with Gasteiger partial charge in [0.15, 0.2) is 0 Å². The topological polar surface area (TPSA) is 79.4 Å². The van der Waals surface area contributed by atoms with Gasteiger partial charge in [0.2, 0.25) is 5.91 Å². The number of nitrogens with zero attached hydrogens (tertiary/aromatic N) is 3. The van der Waals surface area contributed by atoms with Crippen molar-refractivity contribution in [1.29, 1.82) is 0 Å². The highest BCUT2D eigenvalue weighted by Gasteiger charge is 2.69. The van der Waals surface area contributed by atoms with E-state index in [9.17, 15) is 40.7 Å². The Bertz CT molecular complexity index is 1040. The van der Waals surface area contributed by atoms with Crippen LogP contribution in [0.15, 0.2) is 0 Å². The Balaban J connectivity index is 1.29. The third-order valence-electron chi connectivity index (χ3n) is 9.85. The van der Waals surface area contributed by atoms with Gasteiger partial charge in [0, 0.05) is 19.6 Å². The molecule has 6 aliphatic rings. The van der Waals surface area contributed by atoms with Gasteiger partial charge in [-0.1, -0.05) is 13.8 Å². The molecular weight excluding hydrogens is 535 g/mol. The van der Waals surface area contributed by atoms with E-state index in [0.29, 0.717) is 23.7 Å². The molecule has 0 spiro atoms. The maximum atomic E-state index is 13.4. The molecule has 6 fully saturated rings. The molecule has 0 radical (unpaired) electrons. The molecule has 3 aliphatic carbocycles. The predicted octanol–water partition coefficient (Wildman–Crippen LogP) is 2.80. The molecule has 8 nitrogen and oxygen atoms in total. The number of rotatable bonds is 4. The molecule has 0 aromatic rings. The summed E-state index contributed by atoms with van der Waals surface area (Å²) in [4.78, 5) is 39.2. The van der Waals surface area contributed by atoms with Gasteiger partial charge in [-0.05, 0) is 56.3 Å². The number of hydrogen-bond donors (Lipinski definition) is 0. The number of amides is 3. The van der Waals surface area contributed by atoms with E-state index in [1.54, 1.807) is 0 Å². The van der Waals surface area contributed by atoms with Crippen LogP contribution in [0.5, 0.6) is 0 Å². The summed E-state index contributed by atoms with van der Waals surface area (Å²) in [6.07, 6.45) is -8.11. The van der Waals surface area contributed by atoms with Gasteiger partial charge in [0.25, 0.3) is 0 Å². The van der Waals surface area contributed by atoms with Crippen molar-refractivity contribution in [3.05, 3.63) is 0 Å². The van der Waals surface area contributed by atoms with Crippen LogP contribution in [0.4, 0.5) is 26.3 Å². The van der Waals surface area contributed by atoms with Crippen LogP contribution < -0.4 is 0 Å². The molecule has 3 aliphatic heterocycles. The van der Waals surface area contributed by atoms with Crippen molar-refractivity contribution in [2.75, 3.05) is 26.2 Å². The number of halogens is 6. The van der Waals surface area contributed by atoms with Gasteiger partial charge in [-0.3, -0.25) is 14.4 Å². The highest BCUT2D eigenvalue weighted by Crippen LogP contribution is 2.66. The molecule has 3 unspecified atom stereocenters. The van der Waals surface area contributed by atoms with Crippen molar-refractivity contribution in [3.8, 4) is 0 Å². The molecule has 2 bridgehead atoms. The van der Waals surface area contributed by atoms with Gasteiger partial charge >= 0.3 is 31.3 Å². The zero-order chi connectivity index (χ0) is 28.7. The molecule has 0 aromatic carbocycles. The van der Waals surface area contributed by atoms with E-state index < -0.39 is 74.4 Å². The molecular formula is C24H32BF6N3O5. The largest absolute Gasteiger partial charge is 0.481 e. The quantitative estimate of drug-likeness (QED) is 0.386. The van der Waals surface area contributed by atoms with Gasteiger partial charge in [0.1, 0.15) is 6.54 Å². The standard InChI is InChI=1S/C24H32BF6N3O5/c1-21(2)13-9-15(21)22(3)16(10-13)38-25(39-22)17-5-4-7-33(17)18(35)12-34(20(37)24(29,30)31)14-6-8-32(11-14)19(36)23(26,27)28/h13-17H,4-12H2,1-3H3/t13-,14?,15-,16?,17?,22-/m0/s1. The van der Waals surface area contributed by atoms with Crippen LogP contribution in [0.2, 0.25) is 0 Å². The lowest BCUT2D eigenvalue weighted by Gasteiger charge is -2.64. The molecule has 0 aromatic heterocycles. The zero-order valence-electron chi connectivity index (χ0n) is 22.0. The summed E-state index contributed by atoms with van der Waals surface area (Å²) in [6.45, 7) is 4.44. The summed E-state index contributed by atoms with van der Waals surface area (Å²) in [7, 11) is -0.764. The summed E-state index contributed by atoms with van der Waals surface area (Å²) < 4.78 is 91.6. The fourth-order valence-corrected chi connectivity index (χ4v) is 7.57. The lowest BCUT2D eigenvalue weighted by atomic mass is 9.43. The molecule has 3 amide bonds. The third-order valence-corrected chi connectivity index (χ3v) is 9.85. The number of carbonyl (C=O) groups is 3. The first-order valence-electron chi connectivity index (χ1n) is 13.3. The number of hydrogen-bond acceptors (Lipinski definition) is 5. The lowest BCUT2D eigenvalue weighted by Crippen LogP contribution is -2.65. The van der Waals surface area contributed by atoms with Crippen LogP contribution in [0.25, 0.3) is 0 Å². The molecule has 3 heterocycles. The Kier molecular flexibility index (Phi) is 6.76. The average molecular weight is 567 g/mol. The van der Waals surface area contributed by atoms with Gasteiger partial charge in [0.05, 0.1) is 23.7 Å². The van der Waals surface area contributed by atoms with Crippen LogP contribution in [0.1, 0.15) is 52.9 Å². The number of carbonyl (C=O) groups excluding carboxylic acids is 3. The number of likely N-dealkylation sites (tertiary alicyclic amines) is 2. The van der Waals surface area contributed by atoms with Crippen LogP contribution >= 0.6 is 0 Å². The Morgan fingerprint density at radius 3 is 2.31 bits per heavy atom. The molecule has 0 N–H and O–H groups in total. The monoisotopic (exact) mass is 567 g/mol. The number of alkyl halides is 6. The van der Waals surface area contributed by atoms with E-state index in [2.05, 4.69) is 13.8 Å². The highest BCUT2D eigenvalue weighted by atomic mass is 19.4. The summed E-state index contributed by atoms with van der Waals surface area (Å²) >= 11 is 0. The fourth-order valence-electron chi connectivity index (χ4n) is 7.57. The fraction of sp³-hybridized carbons (Fsp3) is 0.875. The van der Waals surface area contributed by atoms with Crippen molar-refractivity contribution >= 4 is 24.8 Å². The van der Waals surface area contributed by atoms with Crippen molar-refractivity contribution in [2.24, 2.45) is 17.3 Å². The lowest BCUT2D eigenvalue weighted by molar-refractivity contribution is -0.199. The van der Waals surface area contributed by atoms with Gasteiger partial charge in [-0.2, -0.15) is 26.3 Å². The van der Waals surface area contributed by atoms with Gasteiger partial charge in [-0.15, -0.1) is 0 Å². The molecule has 218 valence electrons. The van der Waals surface area contributed by atoms with Crippen molar-refractivity contribution in [2.45, 2.75) is 88.9 Å². The predicted molar refractivity (Wildman–Crippen MR) is 124 cm³/mol. The van der Waals surface area contributed by atoms with Crippen LogP contribution in [0.3, 0.4) is 0 Å². The van der Waals surface area contributed by atoms with Crippen molar-refractivity contribution in [3.63, 3.8) is 0 Å². The summed E-state index contributed by atoms with van der Waals surface area (Å²) in [6, 6.07) is -1.38. The van der Waals surface area contributed by atoms with Gasteiger partial charge in [-0.25, -0.2) is 0 Å². The SMILES string of the molecule is CC1(C)[C@@H]2CC3OB(C4CCCN4C(=O)CN(C(=O)C(F)(F)F)C4CCN(C(=O)C(F)(F)F)C4)O[C@@]3(C)[C@H]1C2. The average Bonchev–Trinajstić information content (AvgIpc) is 3.57. The Hall–Kier alpha value is -2.03. The van der Waals surface area contributed by atoms with E-state index in [1.807, 2.05) is 6.92 Å². The van der Waals surface area contributed by atoms with Crippen LogP contribution in [-0.2, 0) is 23.7 Å². The van der Waals surface area contributed by atoms with E-state index in [1.165, 1.54) is 4.90 Å². The first-order chi connectivity index (χ1) is 17.9. The first-order valence-corrected chi connectivity index (χ1v) is 13.3. The third kappa shape index (κ3) is 4.70. The second-order valence-corrected chi connectivity index (χ2v) is 12.3. The summed E-state index contributed by atoms with van der Waals surface area (Å²) in [5.74, 6) is -5.08. The van der Waals surface area contributed by atoms with Crippen molar-refractivity contribution in [1.82, 2.24) is 14.7 Å². The van der Waals surface area contributed by atoms with Crippen molar-refractivity contribution < 1.29 is 50.0 Å². The molecule has 3 saturated heterocycles. The van der Waals surface area contributed by atoms with E-state index in [-0.39, 0.29) is 35.3 Å². The second kappa shape index (κ2) is 9.25. The Morgan fingerprint density at radius 2 is 1.69 bits per heavy atom. The minimum absolute atomic E-state index is 0.0931. The first kappa shape index (κ1) is 28.5. The normalized spacial score (nSPS) is 35.6. The zero-order valence-corrected chi connectivity index (χ0v) is 22.0. The minimum Gasteiger partial charge on any atom is -0.404 e. The Morgan fingerprint density at radius 1 is 1.00 bits per heavy atom. The maximum Gasteiger partial charge on any atom is 0.481 e. The highest BCUT2D eigenvalue weighted by molar-refractivity contribution is 6.48. The minimum atomic E-state index is -5.35. The molecule has 15 heteroatoms. The maximum absolute atomic E-state index is 13.4. The molecule has 6 atom stereocenters. The van der Waals surface area contributed by atoms with Gasteiger partial charge < -0.3 is 24.0 Å². The second-order valence-electron chi connectivity index (χ2n) is 12.3. The smallest absolute Gasteiger partial charge is 0.404 e. The van der Waals surface area contributed by atoms with Crippen LogP contribution in [0, 0.1) is 17.3 Å². The molecule has 3 saturated carbocycles. The Labute approximate surface area is 222 Å². The van der Waals surface area contributed by atoms with E-state index in [4.69, 9.17) is 9.31 Å². The van der Waals surface area contributed by atoms with E-state index in [0.717, 1.165) is 12.8 Å². The van der Waals surface area contributed by atoms with E-state index >= 15 is 0 Å². The summed E-state index contributed by atoms with van der Waals surface area (Å²) in [5, 5.41) is 0. The molecule has 39 heavy (non-hydrogen) atoms. The summed E-state index contributed by atoms with van der Waals surface area (Å²) in [5.41, 5.74) is -0.452.